The molecule has 3 saturated heterocycles. The summed E-state index contributed by atoms with van der Waals surface area (Å²) in [6.07, 6.45) is 8.92. The van der Waals surface area contributed by atoms with Gasteiger partial charge in [0.1, 0.15) is 0 Å². The zero-order valence-electron chi connectivity index (χ0n) is 13.1. The van der Waals surface area contributed by atoms with Crippen molar-refractivity contribution in [2.24, 2.45) is 11.3 Å². The minimum Gasteiger partial charge on any atom is -0.339 e. The molecule has 0 radical (unpaired) electrons. The fourth-order valence-corrected chi connectivity index (χ4v) is 5.32. The number of piperidine rings is 1. The average molecular weight is 291 g/mol. The van der Waals surface area contributed by atoms with E-state index in [-0.39, 0.29) is 5.41 Å². The first-order valence-corrected chi connectivity index (χ1v) is 9.04. The van der Waals surface area contributed by atoms with Crippen LogP contribution in [0.1, 0.15) is 44.9 Å². The Morgan fingerprint density at radius 2 is 1.95 bits per heavy atom. The molecule has 0 aromatic carbocycles. The Kier molecular flexibility index (Phi) is 3.70. The summed E-state index contributed by atoms with van der Waals surface area (Å²) < 4.78 is 0. The first-order chi connectivity index (χ1) is 10.3. The lowest BCUT2D eigenvalue weighted by Crippen LogP contribution is -2.60. The molecule has 21 heavy (non-hydrogen) atoms. The Morgan fingerprint density at radius 3 is 2.90 bits per heavy atom. The molecule has 1 amide bonds. The minimum atomic E-state index is -0.0465. The Balaban J connectivity index is 1.49. The molecule has 0 spiro atoms. The van der Waals surface area contributed by atoms with Crippen molar-refractivity contribution in [3.63, 3.8) is 0 Å². The fourth-order valence-electron chi connectivity index (χ4n) is 5.32. The number of piperazine rings is 1. The van der Waals surface area contributed by atoms with E-state index in [9.17, 15) is 4.79 Å². The van der Waals surface area contributed by atoms with Crippen LogP contribution in [0.5, 0.6) is 0 Å². The Hall–Kier alpha value is -0.610. The number of hydrogen-bond donors (Lipinski definition) is 1. The van der Waals surface area contributed by atoms with Gasteiger partial charge in [-0.2, -0.15) is 0 Å². The molecule has 0 aromatic rings. The first-order valence-electron chi connectivity index (χ1n) is 9.04. The van der Waals surface area contributed by atoms with Gasteiger partial charge in [0.25, 0.3) is 0 Å². The second-order valence-electron chi connectivity index (χ2n) is 7.67. The number of rotatable bonds is 1. The van der Waals surface area contributed by atoms with Gasteiger partial charge in [0.2, 0.25) is 5.91 Å². The number of nitrogens with one attached hydrogen (secondary N) is 1. The lowest BCUT2D eigenvalue weighted by Gasteiger charge is -2.47. The van der Waals surface area contributed by atoms with Crippen molar-refractivity contribution in [2.75, 3.05) is 39.3 Å². The molecule has 3 aliphatic heterocycles. The van der Waals surface area contributed by atoms with E-state index >= 15 is 0 Å². The van der Waals surface area contributed by atoms with Gasteiger partial charge in [-0.1, -0.05) is 19.3 Å². The molecule has 1 unspecified atom stereocenters. The molecule has 4 fully saturated rings. The van der Waals surface area contributed by atoms with E-state index in [4.69, 9.17) is 0 Å². The maximum atomic E-state index is 13.3. The van der Waals surface area contributed by atoms with Gasteiger partial charge in [-0.15, -0.1) is 0 Å². The molecular formula is C17H29N3O. The zero-order chi connectivity index (χ0) is 14.3. The highest BCUT2D eigenvalue weighted by Gasteiger charge is 2.52. The maximum Gasteiger partial charge on any atom is 0.230 e. The van der Waals surface area contributed by atoms with Crippen LogP contribution in [0.15, 0.2) is 0 Å². The van der Waals surface area contributed by atoms with Gasteiger partial charge in [-0.25, -0.2) is 0 Å². The molecule has 1 aliphatic carbocycles. The summed E-state index contributed by atoms with van der Waals surface area (Å²) in [7, 11) is 0. The molecule has 4 heteroatoms. The van der Waals surface area contributed by atoms with Crippen molar-refractivity contribution in [2.45, 2.75) is 51.0 Å². The molecule has 118 valence electrons. The summed E-state index contributed by atoms with van der Waals surface area (Å²) in [6, 6.07) is 0.643. The monoisotopic (exact) mass is 291 g/mol. The molecule has 0 aromatic heterocycles. The highest BCUT2D eigenvalue weighted by atomic mass is 16.2. The third kappa shape index (κ3) is 2.31. The highest BCUT2D eigenvalue weighted by molar-refractivity contribution is 5.84. The van der Waals surface area contributed by atoms with E-state index in [1.807, 2.05) is 0 Å². The topological polar surface area (TPSA) is 35.6 Å². The number of nitrogens with zero attached hydrogens (tertiary/aromatic N) is 2. The van der Waals surface area contributed by atoms with Crippen LogP contribution in [0, 0.1) is 11.3 Å². The molecule has 3 atom stereocenters. The predicted molar refractivity (Wildman–Crippen MR) is 83.1 cm³/mol. The lowest BCUT2D eigenvalue weighted by atomic mass is 9.67. The van der Waals surface area contributed by atoms with E-state index in [1.54, 1.807) is 0 Å². The second-order valence-corrected chi connectivity index (χ2v) is 7.67. The van der Waals surface area contributed by atoms with Crippen LogP contribution in [0.4, 0.5) is 0 Å². The van der Waals surface area contributed by atoms with Gasteiger partial charge in [0.05, 0.1) is 5.41 Å². The van der Waals surface area contributed by atoms with Crippen molar-refractivity contribution >= 4 is 5.91 Å². The number of fused-ring (bicyclic) bond motifs is 2. The van der Waals surface area contributed by atoms with Gasteiger partial charge >= 0.3 is 0 Å². The lowest BCUT2D eigenvalue weighted by molar-refractivity contribution is -0.149. The van der Waals surface area contributed by atoms with E-state index in [1.165, 1.54) is 45.1 Å². The number of carbonyl (C=O) groups excluding carboxylic acids is 1. The second kappa shape index (κ2) is 5.54. The summed E-state index contributed by atoms with van der Waals surface area (Å²) in [5.41, 5.74) is -0.0465. The van der Waals surface area contributed by atoms with Crippen molar-refractivity contribution in [3.05, 3.63) is 0 Å². The van der Waals surface area contributed by atoms with Crippen molar-refractivity contribution < 1.29 is 4.79 Å². The fraction of sp³-hybridized carbons (Fsp3) is 0.941. The molecule has 1 N–H and O–H groups in total. The quantitative estimate of drug-likeness (QED) is 0.794. The van der Waals surface area contributed by atoms with Crippen LogP contribution in [0.25, 0.3) is 0 Å². The van der Waals surface area contributed by atoms with Crippen LogP contribution in [-0.4, -0.2) is 61.0 Å². The van der Waals surface area contributed by atoms with Crippen LogP contribution < -0.4 is 5.32 Å². The van der Waals surface area contributed by atoms with Crippen LogP contribution >= 0.6 is 0 Å². The van der Waals surface area contributed by atoms with Gasteiger partial charge < -0.3 is 10.2 Å². The number of hydrogen-bond acceptors (Lipinski definition) is 3. The van der Waals surface area contributed by atoms with Gasteiger partial charge in [-0.05, 0) is 44.7 Å². The Labute approximate surface area is 128 Å². The van der Waals surface area contributed by atoms with Crippen molar-refractivity contribution in [1.29, 1.82) is 0 Å². The summed E-state index contributed by atoms with van der Waals surface area (Å²) >= 11 is 0. The SMILES string of the molecule is O=C(N1CCN2CCCCC2C1)[C@@]12CCCC[C@H]1CNC2. The summed E-state index contributed by atoms with van der Waals surface area (Å²) in [5.74, 6) is 1.09. The molecule has 4 aliphatic rings. The van der Waals surface area contributed by atoms with E-state index in [2.05, 4.69) is 15.1 Å². The number of carbonyl (C=O) groups is 1. The first kappa shape index (κ1) is 14.0. The molecule has 0 bridgehead atoms. The molecule has 3 heterocycles. The number of amides is 1. The zero-order valence-corrected chi connectivity index (χ0v) is 13.1. The van der Waals surface area contributed by atoms with E-state index in [0.29, 0.717) is 17.9 Å². The predicted octanol–water partition coefficient (Wildman–Crippen LogP) is 1.46. The third-order valence-corrected chi connectivity index (χ3v) is 6.59. The summed E-state index contributed by atoms with van der Waals surface area (Å²) in [6.45, 7) is 6.31. The molecule has 4 nitrogen and oxygen atoms in total. The summed E-state index contributed by atoms with van der Waals surface area (Å²) in [4.78, 5) is 18.2. The van der Waals surface area contributed by atoms with Crippen LogP contribution in [0.3, 0.4) is 0 Å². The van der Waals surface area contributed by atoms with Crippen LogP contribution in [-0.2, 0) is 4.79 Å². The highest BCUT2D eigenvalue weighted by Crippen LogP contribution is 2.45. The molecular weight excluding hydrogens is 262 g/mol. The summed E-state index contributed by atoms with van der Waals surface area (Å²) in [5, 5.41) is 3.52. The smallest absolute Gasteiger partial charge is 0.230 e. The Morgan fingerprint density at radius 1 is 1.05 bits per heavy atom. The van der Waals surface area contributed by atoms with Gasteiger partial charge in [0, 0.05) is 32.2 Å². The molecule has 1 saturated carbocycles. The third-order valence-electron chi connectivity index (χ3n) is 6.59. The normalized spacial score (nSPS) is 40.7. The minimum absolute atomic E-state index is 0.0465. The Bertz CT molecular complexity index is 413. The largest absolute Gasteiger partial charge is 0.339 e. The van der Waals surface area contributed by atoms with Gasteiger partial charge in [0.15, 0.2) is 0 Å². The van der Waals surface area contributed by atoms with Crippen molar-refractivity contribution in [3.8, 4) is 0 Å². The maximum absolute atomic E-state index is 13.3. The van der Waals surface area contributed by atoms with E-state index < -0.39 is 0 Å². The standard InChI is InChI=1S/C17H29N3O/c21-16(17-7-3-1-5-14(17)11-18-13-17)20-10-9-19-8-4-2-6-15(19)12-20/h14-15,18H,1-13H2/t14-,15?,17+/m0/s1. The van der Waals surface area contributed by atoms with Crippen molar-refractivity contribution in [1.82, 2.24) is 15.1 Å². The molecule has 4 rings (SSSR count). The van der Waals surface area contributed by atoms with Crippen LogP contribution in [0.2, 0.25) is 0 Å². The van der Waals surface area contributed by atoms with Gasteiger partial charge in [-0.3, -0.25) is 9.69 Å². The average Bonchev–Trinajstić information content (AvgIpc) is 2.99. The van der Waals surface area contributed by atoms with E-state index in [0.717, 1.165) is 39.1 Å².